The van der Waals surface area contributed by atoms with E-state index in [1.54, 1.807) is 12.1 Å². The predicted octanol–water partition coefficient (Wildman–Crippen LogP) is 3.78. The number of carbonyl (C=O) groups excluding carboxylic acids is 3. The second kappa shape index (κ2) is 8.74. The summed E-state index contributed by atoms with van der Waals surface area (Å²) in [6.45, 7) is 5.35. The highest BCUT2D eigenvalue weighted by Gasteiger charge is 2.35. The van der Waals surface area contributed by atoms with Gasteiger partial charge in [-0.15, -0.1) is 0 Å². The van der Waals surface area contributed by atoms with Gasteiger partial charge < -0.3 is 20.5 Å². The lowest BCUT2D eigenvalue weighted by atomic mass is 10.0. The number of rotatable bonds is 4. The lowest BCUT2D eigenvalue weighted by molar-refractivity contribution is -0.134. The minimum absolute atomic E-state index is 0.0153. The average molecular weight is 465 g/mol. The average Bonchev–Trinajstić information content (AvgIpc) is 3.57. The molecule has 3 aliphatic rings. The second-order valence-corrected chi connectivity index (χ2v) is 9.58. The first kappa shape index (κ1) is 22.4. The number of hydrogen-bond donors (Lipinski definition) is 3. The van der Waals surface area contributed by atoms with Crippen molar-refractivity contribution in [1.82, 2.24) is 15.2 Å². The van der Waals surface area contributed by atoms with Gasteiger partial charge in [-0.05, 0) is 75.8 Å². The van der Waals surface area contributed by atoms with Gasteiger partial charge in [0.1, 0.15) is 5.82 Å². The molecule has 178 valence electrons. The molecule has 3 heterocycles. The molecule has 2 aliphatic heterocycles. The Balaban J connectivity index is 1.31. The van der Waals surface area contributed by atoms with E-state index in [0.717, 1.165) is 44.3 Å². The van der Waals surface area contributed by atoms with Crippen LogP contribution in [0.15, 0.2) is 18.2 Å². The van der Waals surface area contributed by atoms with E-state index >= 15 is 0 Å². The Morgan fingerprint density at radius 2 is 1.94 bits per heavy atom. The van der Waals surface area contributed by atoms with Gasteiger partial charge in [-0.3, -0.25) is 14.4 Å². The maximum atomic E-state index is 13.8. The van der Waals surface area contributed by atoms with E-state index in [-0.39, 0.29) is 29.7 Å². The summed E-state index contributed by atoms with van der Waals surface area (Å²) in [7, 11) is 0. The maximum Gasteiger partial charge on any atom is 0.256 e. The molecule has 1 unspecified atom stereocenters. The molecule has 0 bridgehead atoms. The van der Waals surface area contributed by atoms with Crippen molar-refractivity contribution in [1.29, 1.82) is 0 Å². The van der Waals surface area contributed by atoms with Crippen molar-refractivity contribution in [3.8, 4) is 0 Å². The molecule has 2 atom stereocenters. The second-order valence-electron chi connectivity index (χ2n) is 9.58. The third-order valence-corrected chi connectivity index (χ3v) is 7.29. The summed E-state index contributed by atoms with van der Waals surface area (Å²) < 4.78 is 13.8. The fraction of sp³-hybridized carbons (Fsp3) is 0.423. The number of aromatic nitrogens is 1. The lowest BCUT2D eigenvalue weighted by Crippen LogP contribution is -2.36. The Labute approximate surface area is 197 Å². The fourth-order valence-corrected chi connectivity index (χ4v) is 5.50. The monoisotopic (exact) mass is 464 g/mol. The zero-order valence-corrected chi connectivity index (χ0v) is 19.5. The zero-order valence-electron chi connectivity index (χ0n) is 19.5. The Kier molecular flexibility index (Phi) is 5.75. The van der Waals surface area contributed by atoms with Gasteiger partial charge in [-0.2, -0.15) is 0 Å². The standard InChI is InChI=1S/C26H29FN4O3/c1-14-22(13-20-19-12-17(27)6-8-21(19)30-24(20)32)28-15(2)23(14)25(33)29-18-7-5-16(11-18)26(34)31-9-3-4-10-31/h6,8,12-13,16,18,28H,3-5,7,9-11H2,1-2H3,(H,29,33)(H,30,32)/b20-13-/t16?,18-/m1/s1. The molecule has 1 saturated heterocycles. The summed E-state index contributed by atoms with van der Waals surface area (Å²) in [4.78, 5) is 43.5. The molecule has 1 aromatic carbocycles. The first-order valence-corrected chi connectivity index (χ1v) is 11.9. The number of amides is 3. The van der Waals surface area contributed by atoms with Crippen molar-refractivity contribution in [3.05, 3.63) is 52.1 Å². The van der Waals surface area contributed by atoms with Crippen LogP contribution in [-0.2, 0) is 9.59 Å². The summed E-state index contributed by atoms with van der Waals surface area (Å²) in [6.07, 6.45) is 6.07. The molecule has 7 nitrogen and oxygen atoms in total. The van der Waals surface area contributed by atoms with Crippen molar-refractivity contribution in [2.24, 2.45) is 5.92 Å². The van der Waals surface area contributed by atoms with Gasteiger partial charge >= 0.3 is 0 Å². The smallest absolute Gasteiger partial charge is 0.256 e. The fourth-order valence-electron chi connectivity index (χ4n) is 5.50. The Morgan fingerprint density at radius 3 is 2.71 bits per heavy atom. The number of likely N-dealkylation sites (tertiary alicyclic amines) is 1. The molecule has 1 aliphatic carbocycles. The molecule has 3 amide bonds. The molecule has 0 spiro atoms. The normalized spacial score (nSPS) is 22.9. The number of anilines is 1. The van der Waals surface area contributed by atoms with Crippen LogP contribution in [0.4, 0.5) is 10.1 Å². The van der Waals surface area contributed by atoms with Gasteiger partial charge in [0.2, 0.25) is 5.91 Å². The molecule has 0 radical (unpaired) electrons. The van der Waals surface area contributed by atoms with Crippen LogP contribution in [0.3, 0.4) is 0 Å². The summed E-state index contributed by atoms with van der Waals surface area (Å²) in [5.74, 6) is -0.698. The van der Waals surface area contributed by atoms with E-state index in [0.29, 0.717) is 40.2 Å². The predicted molar refractivity (Wildman–Crippen MR) is 128 cm³/mol. The van der Waals surface area contributed by atoms with Crippen molar-refractivity contribution in [2.75, 3.05) is 18.4 Å². The van der Waals surface area contributed by atoms with E-state index in [1.165, 1.54) is 12.1 Å². The van der Waals surface area contributed by atoms with Crippen LogP contribution >= 0.6 is 0 Å². The third kappa shape index (κ3) is 4.02. The topological polar surface area (TPSA) is 94.3 Å². The minimum Gasteiger partial charge on any atom is -0.358 e. The third-order valence-electron chi connectivity index (χ3n) is 7.29. The van der Waals surface area contributed by atoms with Crippen LogP contribution in [0.5, 0.6) is 0 Å². The van der Waals surface area contributed by atoms with E-state index < -0.39 is 5.82 Å². The summed E-state index contributed by atoms with van der Waals surface area (Å²) in [6, 6.07) is 4.15. The highest BCUT2D eigenvalue weighted by molar-refractivity contribution is 6.34. The van der Waals surface area contributed by atoms with Crippen molar-refractivity contribution >= 4 is 35.1 Å². The van der Waals surface area contributed by atoms with Crippen molar-refractivity contribution < 1.29 is 18.8 Å². The Hall–Kier alpha value is -3.42. The van der Waals surface area contributed by atoms with Gasteiger partial charge in [0.05, 0.1) is 11.1 Å². The number of H-pyrrole nitrogens is 1. The first-order chi connectivity index (χ1) is 16.3. The largest absolute Gasteiger partial charge is 0.358 e. The van der Waals surface area contributed by atoms with Crippen LogP contribution in [0.25, 0.3) is 11.6 Å². The maximum absolute atomic E-state index is 13.8. The molecule has 3 N–H and O–H groups in total. The number of nitrogens with one attached hydrogen (secondary N) is 3. The van der Waals surface area contributed by atoms with Gasteiger partial charge in [-0.1, -0.05) is 0 Å². The van der Waals surface area contributed by atoms with E-state index in [2.05, 4.69) is 15.6 Å². The molecular formula is C26H29FN4O3. The van der Waals surface area contributed by atoms with E-state index in [4.69, 9.17) is 0 Å². The number of aromatic amines is 1. The molecule has 8 heteroatoms. The van der Waals surface area contributed by atoms with Gasteiger partial charge in [0.15, 0.2) is 0 Å². The quantitative estimate of drug-likeness (QED) is 0.601. The Morgan fingerprint density at radius 1 is 1.18 bits per heavy atom. The number of hydrogen-bond acceptors (Lipinski definition) is 3. The lowest BCUT2D eigenvalue weighted by Gasteiger charge is -2.20. The van der Waals surface area contributed by atoms with Crippen LogP contribution in [0, 0.1) is 25.6 Å². The molecule has 1 saturated carbocycles. The highest BCUT2D eigenvalue weighted by Crippen LogP contribution is 2.35. The van der Waals surface area contributed by atoms with Gasteiger partial charge in [-0.25, -0.2) is 4.39 Å². The zero-order chi connectivity index (χ0) is 24.0. The molecular weight excluding hydrogens is 435 g/mol. The summed E-state index contributed by atoms with van der Waals surface area (Å²) in [5.41, 5.74) is 4.02. The number of aryl methyl sites for hydroxylation is 1. The van der Waals surface area contributed by atoms with Gasteiger partial charge in [0.25, 0.3) is 11.8 Å². The highest BCUT2D eigenvalue weighted by atomic mass is 19.1. The number of nitrogens with zero attached hydrogens (tertiary/aromatic N) is 1. The Bertz CT molecular complexity index is 1210. The van der Waals surface area contributed by atoms with E-state index in [1.807, 2.05) is 18.7 Å². The molecule has 34 heavy (non-hydrogen) atoms. The van der Waals surface area contributed by atoms with Crippen molar-refractivity contribution in [3.63, 3.8) is 0 Å². The number of fused-ring (bicyclic) bond motifs is 1. The minimum atomic E-state index is -0.418. The van der Waals surface area contributed by atoms with Crippen LogP contribution in [0.1, 0.15) is 65.0 Å². The van der Waals surface area contributed by atoms with Crippen LogP contribution in [-0.4, -0.2) is 46.7 Å². The molecule has 2 aromatic rings. The SMILES string of the molecule is Cc1[nH]c(/C=C2\C(=O)Nc3ccc(F)cc32)c(C)c1C(=O)N[C@@H]1CCC(C(=O)N2CCCC2)C1. The van der Waals surface area contributed by atoms with E-state index in [9.17, 15) is 18.8 Å². The summed E-state index contributed by atoms with van der Waals surface area (Å²) in [5, 5.41) is 5.85. The first-order valence-electron chi connectivity index (χ1n) is 11.9. The van der Waals surface area contributed by atoms with Crippen LogP contribution < -0.4 is 10.6 Å². The summed E-state index contributed by atoms with van der Waals surface area (Å²) >= 11 is 0. The number of benzene rings is 1. The number of halogens is 1. The molecule has 1 aromatic heterocycles. The molecule has 2 fully saturated rings. The molecule has 5 rings (SSSR count). The van der Waals surface area contributed by atoms with Gasteiger partial charge in [0, 0.05) is 47.7 Å². The van der Waals surface area contributed by atoms with Crippen molar-refractivity contribution in [2.45, 2.75) is 52.0 Å². The number of carbonyl (C=O) groups is 3. The van der Waals surface area contributed by atoms with Crippen LogP contribution in [0.2, 0.25) is 0 Å².